The predicted molar refractivity (Wildman–Crippen MR) is 185 cm³/mol. The topological polar surface area (TPSA) is 0 Å². The van der Waals surface area contributed by atoms with Crippen LogP contribution in [0.15, 0.2) is 97.1 Å². The van der Waals surface area contributed by atoms with Crippen LogP contribution in [-0.4, -0.2) is 35.2 Å². The molecule has 4 aromatic rings. The van der Waals surface area contributed by atoms with Crippen molar-refractivity contribution in [2.24, 2.45) is 0 Å². The third-order valence-corrected chi connectivity index (χ3v) is 14.6. The molecule has 0 fully saturated rings. The highest BCUT2D eigenvalue weighted by Gasteiger charge is 2.18. The molecule has 4 rings (SSSR count). The molecule has 0 amide bonds. The smallest absolute Gasteiger partial charge is 0.0647 e. The van der Waals surface area contributed by atoms with Crippen molar-refractivity contribution in [3.63, 3.8) is 0 Å². The van der Waals surface area contributed by atoms with Crippen LogP contribution >= 0.6 is 0 Å². The Hall–Kier alpha value is -2.51. The molecule has 0 N–H and O–H groups in total. The van der Waals surface area contributed by atoms with E-state index >= 15 is 0 Å². The standard InChI is InChI=1S/C34H44Si4/c1-35(2)29-17-9-25(10-18-29)33(26-11-19-30(20-12-26)36(3)4)34(27-13-21-31(22-14-27)37(5)6)28-15-23-32(24-16-28)38(7)8/h9-24,35-38H,1-8H3. The molecule has 0 aliphatic heterocycles. The summed E-state index contributed by atoms with van der Waals surface area (Å²) in [4.78, 5) is 0. The Kier molecular flexibility index (Phi) is 9.42. The van der Waals surface area contributed by atoms with E-state index in [1.165, 1.54) is 54.1 Å². The Morgan fingerprint density at radius 2 is 0.447 bits per heavy atom. The van der Waals surface area contributed by atoms with Gasteiger partial charge in [-0.25, -0.2) is 0 Å². The first kappa shape index (κ1) is 28.5. The van der Waals surface area contributed by atoms with E-state index in [0.29, 0.717) is 0 Å². The number of rotatable bonds is 8. The minimum Gasteiger partial charge on any atom is -0.0682 e. The summed E-state index contributed by atoms with van der Waals surface area (Å²) in [5, 5.41) is 6.09. The van der Waals surface area contributed by atoms with Gasteiger partial charge < -0.3 is 0 Å². The van der Waals surface area contributed by atoms with Crippen molar-refractivity contribution in [3.05, 3.63) is 119 Å². The molecule has 0 heterocycles. The second-order valence-electron chi connectivity index (χ2n) is 11.9. The predicted octanol–water partition coefficient (Wildman–Crippen LogP) is 5.47. The zero-order valence-corrected chi connectivity index (χ0v) is 29.2. The average Bonchev–Trinajstić information content (AvgIpc) is 2.92. The summed E-state index contributed by atoms with van der Waals surface area (Å²) in [6, 6.07) is 38.0. The second-order valence-corrected chi connectivity index (χ2v) is 23.8. The molecular weight excluding hydrogens is 521 g/mol. The van der Waals surface area contributed by atoms with E-state index in [0.717, 1.165) is 0 Å². The number of hydrogen-bond donors (Lipinski definition) is 0. The molecule has 0 unspecified atom stereocenters. The maximum absolute atomic E-state index is 2.41. The highest BCUT2D eigenvalue weighted by Crippen LogP contribution is 2.36. The molecular formula is C34H44Si4. The van der Waals surface area contributed by atoms with Crippen LogP contribution in [0.5, 0.6) is 0 Å². The van der Waals surface area contributed by atoms with E-state index in [2.05, 4.69) is 149 Å². The Balaban J connectivity index is 2.03. The molecule has 0 spiro atoms. The van der Waals surface area contributed by atoms with Crippen LogP contribution in [0, 0.1) is 0 Å². The van der Waals surface area contributed by atoms with E-state index in [1.54, 1.807) is 0 Å². The van der Waals surface area contributed by atoms with Gasteiger partial charge in [-0.3, -0.25) is 0 Å². The fraction of sp³-hybridized carbons (Fsp3) is 0.235. The molecule has 0 saturated heterocycles. The van der Waals surface area contributed by atoms with E-state index < -0.39 is 35.2 Å². The van der Waals surface area contributed by atoms with E-state index in [1.807, 2.05) is 0 Å². The van der Waals surface area contributed by atoms with Crippen molar-refractivity contribution >= 4 is 67.1 Å². The normalized spacial score (nSPS) is 11.6. The summed E-state index contributed by atoms with van der Waals surface area (Å²) in [7, 11) is -3.41. The molecule has 0 aliphatic rings. The van der Waals surface area contributed by atoms with Crippen LogP contribution in [-0.2, 0) is 0 Å². The maximum atomic E-state index is 2.41. The lowest BCUT2D eigenvalue weighted by Gasteiger charge is -2.20. The fourth-order valence-corrected chi connectivity index (χ4v) is 8.90. The van der Waals surface area contributed by atoms with Crippen molar-refractivity contribution in [2.75, 3.05) is 0 Å². The Labute approximate surface area is 237 Å². The van der Waals surface area contributed by atoms with Crippen LogP contribution in [0.2, 0.25) is 52.4 Å². The zero-order valence-electron chi connectivity index (χ0n) is 24.5. The van der Waals surface area contributed by atoms with E-state index in [9.17, 15) is 0 Å². The van der Waals surface area contributed by atoms with Crippen molar-refractivity contribution in [2.45, 2.75) is 52.4 Å². The maximum Gasteiger partial charge on any atom is 0.0647 e. The molecule has 0 bridgehead atoms. The molecule has 38 heavy (non-hydrogen) atoms. The largest absolute Gasteiger partial charge is 0.0682 e. The average molecular weight is 565 g/mol. The lowest BCUT2D eigenvalue weighted by Crippen LogP contribution is -2.23. The summed E-state index contributed by atoms with van der Waals surface area (Å²) in [6.07, 6.45) is 0. The summed E-state index contributed by atoms with van der Waals surface area (Å²) >= 11 is 0. The van der Waals surface area contributed by atoms with Crippen LogP contribution in [0.1, 0.15) is 22.3 Å². The molecule has 4 aromatic carbocycles. The van der Waals surface area contributed by atoms with Gasteiger partial charge in [0.25, 0.3) is 0 Å². The summed E-state index contributed by atoms with van der Waals surface area (Å²) in [5.74, 6) is 0. The molecule has 0 aromatic heterocycles. The van der Waals surface area contributed by atoms with Gasteiger partial charge in [-0.15, -0.1) is 0 Å². The van der Waals surface area contributed by atoms with Crippen molar-refractivity contribution in [3.8, 4) is 0 Å². The lowest BCUT2D eigenvalue weighted by molar-refractivity contribution is 1.51. The molecule has 0 saturated carbocycles. The summed E-state index contributed by atoms with van der Waals surface area (Å²) in [5.41, 5.74) is 7.89. The third-order valence-electron chi connectivity index (χ3n) is 7.71. The van der Waals surface area contributed by atoms with Crippen molar-refractivity contribution in [1.82, 2.24) is 0 Å². The van der Waals surface area contributed by atoms with Gasteiger partial charge in [0.05, 0.1) is 35.2 Å². The molecule has 0 nitrogen and oxygen atoms in total. The highest BCUT2D eigenvalue weighted by atomic mass is 28.3. The minimum absolute atomic E-state index is 0.851. The Morgan fingerprint density at radius 3 is 0.579 bits per heavy atom. The SMILES string of the molecule is C[SiH](C)c1ccc(C(=C(c2ccc([SiH](C)C)cc2)c2ccc([SiH](C)C)cc2)c2ccc([SiH](C)C)cc2)cc1. The fourth-order valence-electron chi connectivity index (χ4n) is 5.05. The molecule has 196 valence electrons. The van der Waals surface area contributed by atoms with Gasteiger partial charge >= 0.3 is 0 Å². The molecule has 0 radical (unpaired) electrons. The van der Waals surface area contributed by atoms with Crippen LogP contribution < -0.4 is 20.7 Å². The monoisotopic (exact) mass is 564 g/mol. The molecule has 4 heteroatoms. The van der Waals surface area contributed by atoms with Gasteiger partial charge in [-0.1, -0.05) is 170 Å². The Morgan fingerprint density at radius 1 is 0.289 bits per heavy atom. The molecule has 0 atom stereocenters. The van der Waals surface area contributed by atoms with Gasteiger partial charge in [-0.05, 0) is 33.4 Å². The number of hydrogen-bond acceptors (Lipinski definition) is 0. The summed E-state index contributed by atoms with van der Waals surface area (Å²) in [6.45, 7) is 19.3. The lowest BCUT2D eigenvalue weighted by atomic mass is 9.86. The van der Waals surface area contributed by atoms with Crippen LogP contribution in [0.3, 0.4) is 0 Å². The zero-order chi connectivity index (χ0) is 27.4. The minimum atomic E-state index is -0.851. The van der Waals surface area contributed by atoms with Gasteiger partial charge in [0.15, 0.2) is 0 Å². The summed E-state index contributed by atoms with van der Waals surface area (Å²) < 4.78 is 0. The van der Waals surface area contributed by atoms with Gasteiger partial charge in [0.1, 0.15) is 0 Å². The van der Waals surface area contributed by atoms with E-state index in [4.69, 9.17) is 0 Å². The Bertz CT molecular complexity index is 1140. The van der Waals surface area contributed by atoms with Gasteiger partial charge in [0, 0.05) is 0 Å². The van der Waals surface area contributed by atoms with Gasteiger partial charge in [-0.2, -0.15) is 0 Å². The van der Waals surface area contributed by atoms with Crippen LogP contribution in [0.4, 0.5) is 0 Å². The molecule has 0 aliphatic carbocycles. The van der Waals surface area contributed by atoms with Crippen molar-refractivity contribution < 1.29 is 0 Å². The number of benzene rings is 4. The highest BCUT2D eigenvalue weighted by molar-refractivity contribution is 6.71. The van der Waals surface area contributed by atoms with Gasteiger partial charge in [0.2, 0.25) is 0 Å². The van der Waals surface area contributed by atoms with E-state index in [-0.39, 0.29) is 0 Å². The first-order valence-electron chi connectivity index (χ1n) is 14.3. The first-order valence-corrected chi connectivity index (χ1v) is 25.9. The second kappa shape index (κ2) is 12.6. The van der Waals surface area contributed by atoms with Crippen LogP contribution in [0.25, 0.3) is 11.1 Å². The first-order chi connectivity index (χ1) is 18.2. The van der Waals surface area contributed by atoms with Crippen molar-refractivity contribution in [1.29, 1.82) is 0 Å². The quantitative estimate of drug-likeness (QED) is 0.197. The third kappa shape index (κ3) is 6.54.